The quantitative estimate of drug-likeness (QED) is 0.179. The van der Waals surface area contributed by atoms with E-state index >= 15 is 0 Å². The van der Waals surface area contributed by atoms with Crippen LogP contribution in [0.25, 0.3) is 11.0 Å². The third kappa shape index (κ3) is 4.24. The van der Waals surface area contributed by atoms with Crippen molar-refractivity contribution in [2.45, 2.75) is 0 Å². The Morgan fingerprint density at radius 1 is 1.00 bits per heavy atom. The van der Waals surface area contributed by atoms with Gasteiger partial charge in [-0.3, -0.25) is 14.9 Å². The third-order valence-electron chi connectivity index (χ3n) is 4.30. The van der Waals surface area contributed by atoms with E-state index in [1.165, 1.54) is 42.5 Å². The van der Waals surface area contributed by atoms with Crippen LogP contribution in [0, 0.1) is 10.1 Å². The number of benzene rings is 3. The number of carbonyl (C=O) groups is 1. The zero-order chi connectivity index (χ0) is 22.0. The van der Waals surface area contributed by atoms with Crippen molar-refractivity contribution in [2.75, 3.05) is 0 Å². The Bertz CT molecular complexity index is 1360. The van der Waals surface area contributed by atoms with Crippen molar-refractivity contribution in [1.82, 2.24) is 0 Å². The van der Waals surface area contributed by atoms with Gasteiger partial charge in [-0.05, 0) is 36.4 Å². The molecule has 4 aromatic rings. The lowest BCUT2D eigenvalue weighted by atomic mass is 10.2. The third-order valence-corrected chi connectivity index (χ3v) is 4.61. The van der Waals surface area contributed by atoms with Crippen LogP contribution < -0.4 is 14.9 Å². The molecule has 0 bridgehead atoms. The van der Waals surface area contributed by atoms with Gasteiger partial charge in [-0.25, -0.2) is 4.79 Å². The van der Waals surface area contributed by atoms with Crippen LogP contribution in [0.15, 0.2) is 82.2 Å². The topological polar surface area (TPSA) is 109 Å². The fourth-order valence-electron chi connectivity index (χ4n) is 2.76. The Morgan fingerprint density at radius 3 is 2.45 bits per heavy atom. The van der Waals surface area contributed by atoms with Crippen LogP contribution in [0.3, 0.4) is 0 Å². The number of nitro groups is 1. The molecule has 3 aromatic carbocycles. The zero-order valence-electron chi connectivity index (χ0n) is 15.6. The van der Waals surface area contributed by atoms with Gasteiger partial charge >= 0.3 is 5.97 Å². The normalized spacial score (nSPS) is 10.6. The predicted molar refractivity (Wildman–Crippen MR) is 112 cm³/mol. The Labute approximate surface area is 179 Å². The van der Waals surface area contributed by atoms with Crippen LogP contribution in [0.4, 0.5) is 5.69 Å². The van der Waals surface area contributed by atoms with Crippen molar-refractivity contribution in [3.8, 4) is 17.2 Å². The highest BCUT2D eigenvalue weighted by molar-refractivity contribution is 6.32. The highest BCUT2D eigenvalue weighted by atomic mass is 35.5. The van der Waals surface area contributed by atoms with Gasteiger partial charge in [0.05, 0.1) is 20.9 Å². The average molecular weight is 438 g/mol. The number of hydrogen-bond donors (Lipinski definition) is 0. The predicted octanol–water partition coefficient (Wildman–Crippen LogP) is 5.37. The molecule has 8 nitrogen and oxygen atoms in total. The molecule has 4 rings (SSSR count). The SMILES string of the molecule is O=C(Oc1ccc2c(=O)c(Oc3ccccc3Cl)coc2c1)c1ccc([N+](=O)[O-])cc1. The molecule has 0 atom stereocenters. The fraction of sp³-hybridized carbons (Fsp3) is 0. The lowest BCUT2D eigenvalue weighted by molar-refractivity contribution is -0.384. The van der Waals surface area contributed by atoms with Crippen LogP contribution in [0.5, 0.6) is 17.2 Å². The Morgan fingerprint density at radius 2 is 1.74 bits per heavy atom. The highest BCUT2D eigenvalue weighted by Gasteiger charge is 2.15. The molecule has 0 unspecified atom stereocenters. The molecule has 1 aromatic heterocycles. The number of halogens is 1. The summed E-state index contributed by atoms with van der Waals surface area (Å²) < 4.78 is 16.3. The maximum atomic E-state index is 12.7. The summed E-state index contributed by atoms with van der Waals surface area (Å²) >= 11 is 6.05. The molecule has 0 amide bonds. The fourth-order valence-corrected chi connectivity index (χ4v) is 2.93. The van der Waals surface area contributed by atoms with Gasteiger partial charge in [0.15, 0.2) is 0 Å². The number of ether oxygens (including phenoxy) is 2. The summed E-state index contributed by atoms with van der Waals surface area (Å²) in [7, 11) is 0. The zero-order valence-corrected chi connectivity index (χ0v) is 16.4. The van der Waals surface area contributed by atoms with Gasteiger partial charge in [0.1, 0.15) is 23.3 Å². The van der Waals surface area contributed by atoms with Gasteiger partial charge in [-0.1, -0.05) is 23.7 Å². The molecule has 0 aliphatic rings. The van der Waals surface area contributed by atoms with Crippen molar-refractivity contribution < 1.29 is 23.6 Å². The summed E-state index contributed by atoms with van der Waals surface area (Å²) in [6.45, 7) is 0. The number of carbonyl (C=O) groups excluding carboxylic acids is 1. The molecular formula is C22H12ClNO7. The van der Waals surface area contributed by atoms with E-state index in [-0.39, 0.29) is 33.7 Å². The molecule has 0 aliphatic heterocycles. The summed E-state index contributed by atoms with van der Waals surface area (Å²) in [5.74, 6) is -0.310. The molecular weight excluding hydrogens is 426 g/mol. The first-order valence-electron chi connectivity index (χ1n) is 8.87. The Balaban J connectivity index is 1.57. The van der Waals surface area contributed by atoms with E-state index in [0.29, 0.717) is 10.8 Å². The molecule has 0 N–H and O–H groups in total. The summed E-state index contributed by atoms with van der Waals surface area (Å²) in [5.41, 5.74) is -0.241. The van der Waals surface area contributed by atoms with Crippen LogP contribution in [0.1, 0.15) is 10.4 Å². The lowest BCUT2D eigenvalue weighted by Crippen LogP contribution is -2.09. The van der Waals surface area contributed by atoms with Gasteiger partial charge in [0, 0.05) is 18.2 Å². The first-order valence-corrected chi connectivity index (χ1v) is 9.25. The molecule has 1 heterocycles. The van der Waals surface area contributed by atoms with Crippen LogP contribution in [0.2, 0.25) is 5.02 Å². The van der Waals surface area contributed by atoms with Crippen LogP contribution >= 0.6 is 11.6 Å². The van der Waals surface area contributed by atoms with Gasteiger partial charge in [0.2, 0.25) is 11.2 Å². The minimum atomic E-state index is -0.713. The monoisotopic (exact) mass is 437 g/mol. The molecule has 0 aliphatic carbocycles. The molecule has 0 saturated carbocycles. The lowest BCUT2D eigenvalue weighted by Gasteiger charge is -2.08. The van der Waals surface area contributed by atoms with E-state index in [1.807, 2.05) is 0 Å². The Kier molecular flexibility index (Phi) is 5.38. The van der Waals surface area contributed by atoms with Crippen molar-refractivity contribution in [2.24, 2.45) is 0 Å². The van der Waals surface area contributed by atoms with E-state index in [2.05, 4.69) is 0 Å². The minimum Gasteiger partial charge on any atom is -0.460 e. The molecule has 154 valence electrons. The molecule has 0 spiro atoms. The smallest absolute Gasteiger partial charge is 0.343 e. The first-order chi connectivity index (χ1) is 14.9. The summed E-state index contributed by atoms with van der Waals surface area (Å²) in [6.07, 6.45) is 1.15. The molecule has 0 fully saturated rings. The van der Waals surface area contributed by atoms with E-state index < -0.39 is 16.3 Å². The number of esters is 1. The number of fused-ring (bicyclic) bond motifs is 1. The number of non-ortho nitro benzene ring substituents is 1. The van der Waals surface area contributed by atoms with Crippen molar-refractivity contribution in [1.29, 1.82) is 0 Å². The van der Waals surface area contributed by atoms with E-state index in [1.54, 1.807) is 24.3 Å². The van der Waals surface area contributed by atoms with Crippen LogP contribution in [-0.4, -0.2) is 10.9 Å². The molecule has 0 radical (unpaired) electrons. The minimum absolute atomic E-state index is 0.0452. The maximum absolute atomic E-state index is 12.7. The summed E-state index contributed by atoms with van der Waals surface area (Å²) in [6, 6.07) is 16.0. The van der Waals surface area contributed by atoms with E-state index in [9.17, 15) is 19.7 Å². The standard InChI is InChI=1S/C22H12ClNO7/c23-17-3-1-2-4-18(17)31-20-12-29-19-11-15(9-10-16(19)21(20)25)30-22(26)13-5-7-14(8-6-13)24(27)28/h1-12H. The summed E-state index contributed by atoms with van der Waals surface area (Å²) in [5, 5.41) is 11.3. The van der Waals surface area contributed by atoms with Gasteiger partial charge in [-0.2, -0.15) is 0 Å². The number of nitrogens with zero attached hydrogens (tertiary/aromatic N) is 1. The van der Waals surface area contributed by atoms with Gasteiger partial charge in [-0.15, -0.1) is 0 Å². The maximum Gasteiger partial charge on any atom is 0.343 e. The van der Waals surface area contributed by atoms with Crippen molar-refractivity contribution >= 4 is 34.2 Å². The second-order valence-corrected chi connectivity index (χ2v) is 6.72. The van der Waals surface area contributed by atoms with Crippen LogP contribution in [-0.2, 0) is 0 Å². The van der Waals surface area contributed by atoms with E-state index in [0.717, 1.165) is 6.26 Å². The van der Waals surface area contributed by atoms with Gasteiger partial charge < -0.3 is 13.9 Å². The van der Waals surface area contributed by atoms with E-state index in [4.69, 9.17) is 25.5 Å². The highest BCUT2D eigenvalue weighted by Crippen LogP contribution is 2.29. The number of rotatable bonds is 5. The molecule has 9 heteroatoms. The second-order valence-electron chi connectivity index (χ2n) is 6.31. The largest absolute Gasteiger partial charge is 0.460 e. The average Bonchev–Trinajstić information content (AvgIpc) is 2.77. The molecule has 31 heavy (non-hydrogen) atoms. The number of hydrogen-bond acceptors (Lipinski definition) is 7. The van der Waals surface area contributed by atoms with Crippen molar-refractivity contribution in [3.63, 3.8) is 0 Å². The molecule has 0 saturated heterocycles. The van der Waals surface area contributed by atoms with Gasteiger partial charge in [0.25, 0.3) is 5.69 Å². The summed E-state index contributed by atoms with van der Waals surface area (Å²) in [4.78, 5) is 35.1. The Hall–Kier alpha value is -4.17. The second kappa shape index (κ2) is 8.29. The number of para-hydroxylation sites is 1. The number of nitro benzene ring substituents is 1. The van der Waals surface area contributed by atoms with Crippen molar-refractivity contribution in [3.05, 3.63) is 104 Å². The first kappa shape index (κ1) is 20.1.